The molecule has 0 aromatic heterocycles. The maximum absolute atomic E-state index is 6.62. The molecule has 1 atom stereocenters. The maximum Gasteiger partial charge on any atom is 0.0447 e. The van der Waals surface area contributed by atoms with Crippen LogP contribution >= 0.6 is 23.2 Å². The summed E-state index contributed by atoms with van der Waals surface area (Å²) in [5, 5.41) is 1.82. The van der Waals surface area contributed by atoms with Gasteiger partial charge >= 0.3 is 0 Å². The Morgan fingerprint density at radius 3 is 2.04 bits per heavy atom. The number of benzene rings is 2. The van der Waals surface area contributed by atoms with Crippen LogP contribution in [-0.4, -0.2) is 24.5 Å². The fourth-order valence-corrected chi connectivity index (χ4v) is 5.98. The second-order valence-electron chi connectivity index (χ2n) is 7.52. The van der Waals surface area contributed by atoms with Crippen molar-refractivity contribution in [3.05, 3.63) is 68.7 Å². The van der Waals surface area contributed by atoms with Crippen molar-refractivity contribution < 1.29 is 0 Å². The Morgan fingerprint density at radius 1 is 0.875 bits per heavy atom. The number of likely N-dealkylation sites (tertiary alicyclic amines) is 1. The molecule has 1 fully saturated rings. The van der Waals surface area contributed by atoms with Gasteiger partial charge in [0.1, 0.15) is 0 Å². The van der Waals surface area contributed by atoms with Crippen molar-refractivity contribution >= 4 is 23.2 Å². The molecule has 2 aromatic carbocycles. The van der Waals surface area contributed by atoms with Crippen LogP contribution in [0.15, 0.2) is 36.4 Å². The van der Waals surface area contributed by atoms with E-state index >= 15 is 0 Å². The molecule has 0 N–H and O–H groups in total. The lowest BCUT2D eigenvalue weighted by Gasteiger charge is -2.47. The summed E-state index contributed by atoms with van der Waals surface area (Å²) in [5.41, 5.74) is 5.56. The topological polar surface area (TPSA) is 3.24 Å². The van der Waals surface area contributed by atoms with Gasteiger partial charge in [0.2, 0.25) is 0 Å². The third-order valence-electron chi connectivity index (χ3n) is 6.24. The lowest BCUT2D eigenvalue weighted by Crippen LogP contribution is -2.39. The van der Waals surface area contributed by atoms with Gasteiger partial charge < -0.3 is 4.90 Å². The average molecular weight is 358 g/mol. The molecule has 3 heteroatoms. The summed E-state index contributed by atoms with van der Waals surface area (Å²) in [6.45, 7) is 3.73. The van der Waals surface area contributed by atoms with Gasteiger partial charge in [-0.15, -0.1) is 0 Å². The summed E-state index contributed by atoms with van der Waals surface area (Å²) in [5.74, 6) is 1.47. The van der Waals surface area contributed by atoms with E-state index in [-0.39, 0.29) is 0 Å². The Labute approximate surface area is 153 Å². The highest BCUT2D eigenvalue weighted by Crippen LogP contribution is 2.58. The van der Waals surface area contributed by atoms with Crippen LogP contribution in [0.1, 0.15) is 53.4 Å². The third-order valence-corrected chi connectivity index (χ3v) is 6.90. The standard InChI is InChI=1S/C21H21Cl2N/c22-17-7-3-5-14-19-13(12-24-9-1-2-10-24)11-16(20(14)17)21-15(19)6-4-8-18(21)23/h3-8,13,16,19H,1-2,9-12H2. The van der Waals surface area contributed by atoms with E-state index in [1.54, 1.807) is 0 Å². The quantitative estimate of drug-likeness (QED) is 0.667. The minimum absolute atomic E-state index is 0.356. The van der Waals surface area contributed by atoms with E-state index in [1.165, 1.54) is 61.2 Å². The van der Waals surface area contributed by atoms with Crippen molar-refractivity contribution in [1.29, 1.82) is 0 Å². The van der Waals surface area contributed by atoms with Crippen molar-refractivity contribution in [1.82, 2.24) is 4.90 Å². The number of rotatable bonds is 2. The molecule has 1 nitrogen and oxygen atoms in total. The van der Waals surface area contributed by atoms with Crippen LogP contribution in [-0.2, 0) is 0 Å². The molecule has 6 rings (SSSR count). The number of nitrogens with zero attached hydrogens (tertiary/aromatic N) is 1. The van der Waals surface area contributed by atoms with Gasteiger partial charge in [-0.1, -0.05) is 47.5 Å². The lowest BCUT2D eigenvalue weighted by molar-refractivity contribution is 0.230. The van der Waals surface area contributed by atoms with Gasteiger partial charge in [-0.25, -0.2) is 0 Å². The highest BCUT2D eigenvalue weighted by atomic mass is 35.5. The van der Waals surface area contributed by atoms with Gasteiger partial charge in [-0.3, -0.25) is 0 Å². The Balaban J connectivity index is 1.64. The summed E-state index contributed by atoms with van der Waals surface area (Å²) in [4.78, 5) is 2.65. The van der Waals surface area contributed by atoms with E-state index in [0.29, 0.717) is 17.8 Å². The summed E-state index contributed by atoms with van der Waals surface area (Å²) < 4.78 is 0. The Kier molecular flexibility index (Phi) is 3.66. The lowest BCUT2D eigenvalue weighted by atomic mass is 9.59. The first-order valence-corrected chi connectivity index (χ1v) is 9.78. The SMILES string of the molecule is Clc1cccc2c1C1CC(CN3CCCC3)C2c2cccc(Cl)c21. The monoisotopic (exact) mass is 357 g/mol. The number of fused-ring (bicyclic) bond motifs is 1. The van der Waals surface area contributed by atoms with E-state index in [0.717, 1.165) is 10.0 Å². The minimum atomic E-state index is 0.356. The molecule has 1 heterocycles. The summed E-state index contributed by atoms with van der Waals surface area (Å²) in [7, 11) is 0. The fourth-order valence-electron chi connectivity index (χ4n) is 5.36. The molecule has 1 saturated heterocycles. The van der Waals surface area contributed by atoms with Crippen molar-refractivity contribution in [3.63, 3.8) is 0 Å². The molecular weight excluding hydrogens is 337 g/mol. The first-order chi connectivity index (χ1) is 11.7. The van der Waals surface area contributed by atoms with E-state index in [2.05, 4.69) is 29.2 Å². The zero-order valence-corrected chi connectivity index (χ0v) is 15.2. The van der Waals surface area contributed by atoms with Crippen molar-refractivity contribution in [2.24, 2.45) is 5.92 Å². The van der Waals surface area contributed by atoms with Crippen LogP contribution in [0.2, 0.25) is 10.0 Å². The molecule has 124 valence electrons. The molecule has 2 aromatic rings. The predicted molar refractivity (Wildman–Crippen MR) is 100 cm³/mol. The third kappa shape index (κ3) is 2.18. The molecule has 1 unspecified atom stereocenters. The first-order valence-electron chi connectivity index (χ1n) is 9.03. The molecule has 3 aliphatic carbocycles. The van der Waals surface area contributed by atoms with E-state index in [1.807, 2.05) is 12.1 Å². The first kappa shape index (κ1) is 15.3. The summed E-state index contributed by atoms with van der Waals surface area (Å²) in [6.07, 6.45) is 3.88. The second kappa shape index (κ2) is 5.76. The zero-order chi connectivity index (χ0) is 16.3. The molecule has 1 aliphatic heterocycles. The van der Waals surface area contributed by atoms with E-state index in [4.69, 9.17) is 23.2 Å². The molecule has 4 aliphatic rings. The smallest absolute Gasteiger partial charge is 0.0447 e. The highest BCUT2D eigenvalue weighted by Gasteiger charge is 2.45. The van der Waals surface area contributed by atoms with E-state index < -0.39 is 0 Å². The van der Waals surface area contributed by atoms with Crippen LogP contribution in [0.25, 0.3) is 0 Å². The normalized spacial score (nSPS) is 28.0. The molecule has 24 heavy (non-hydrogen) atoms. The maximum atomic E-state index is 6.62. The molecular formula is C21H21Cl2N. The average Bonchev–Trinajstić information content (AvgIpc) is 3.08. The number of hydrogen-bond acceptors (Lipinski definition) is 1. The Hall–Kier alpha value is -1.02. The minimum Gasteiger partial charge on any atom is -0.303 e. The van der Waals surface area contributed by atoms with E-state index in [9.17, 15) is 0 Å². The highest BCUT2D eigenvalue weighted by molar-refractivity contribution is 6.32. The van der Waals surface area contributed by atoms with Crippen LogP contribution in [0.5, 0.6) is 0 Å². The zero-order valence-electron chi connectivity index (χ0n) is 13.6. The van der Waals surface area contributed by atoms with Gasteiger partial charge in [-0.2, -0.15) is 0 Å². The second-order valence-corrected chi connectivity index (χ2v) is 8.33. The van der Waals surface area contributed by atoms with Crippen molar-refractivity contribution in [2.45, 2.75) is 31.1 Å². The number of halogens is 2. The fraction of sp³-hybridized carbons (Fsp3) is 0.429. The molecule has 0 spiro atoms. The summed E-state index contributed by atoms with van der Waals surface area (Å²) >= 11 is 13.2. The van der Waals surface area contributed by atoms with Crippen molar-refractivity contribution in [3.8, 4) is 0 Å². The largest absolute Gasteiger partial charge is 0.303 e. The number of hydrogen-bond donors (Lipinski definition) is 0. The van der Waals surface area contributed by atoms with Crippen LogP contribution < -0.4 is 0 Å². The Morgan fingerprint density at radius 2 is 1.46 bits per heavy atom. The van der Waals surface area contributed by atoms with Gasteiger partial charge in [0.15, 0.2) is 0 Å². The van der Waals surface area contributed by atoms with Crippen molar-refractivity contribution in [2.75, 3.05) is 19.6 Å². The molecule has 0 amide bonds. The van der Waals surface area contributed by atoms with Gasteiger partial charge in [0.25, 0.3) is 0 Å². The Bertz CT molecular complexity index is 741. The van der Waals surface area contributed by atoms with Crippen LogP contribution in [0, 0.1) is 5.92 Å². The predicted octanol–water partition coefficient (Wildman–Crippen LogP) is 5.69. The van der Waals surface area contributed by atoms with Gasteiger partial charge in [0, 0.05) is 28.4 Å². The molecule has 0 radical (unpaired) electrons. The van der Waals surface area contributed by atoms with Crippen LogP contribution in [0.4, 0.5) is 0 Å². The van der Waals surface area contributed by atoms with Gasteiger partial charge in [0.05, 0.1) is 0 Å². The van der Waals surface area contributed by atoms with Crippen LogP contribution in [0.3, 0.4) is 0 Å². The summed E-state index contributed by atoms with van der Waals surface area (Å²) in [6, 6.07) is 12.9. The molecule has 0 saturated carbocycles. The molecule has 2 bridgehead atoms. The van der Waals surface area contributed by atoms with Gasteiger partial charge in [-0.05, 0) is 72.7 Å².